The highest BCUT2D eigenvalue weighted by atomic mass is 16.6. The number of aliphatic hydroxyl groups is 1. The molecule has 2 N–H and O–H groups in total. The molecule has 7 atom stereocenters. The number of nitrogens with one attached hydrogen (secondary N) is 1. The van der Waals surface area contributed by atoms with Crippen molar-refractivity contribution < 1.29 is 57.4 Å². The van der Waals surface area contributed by atoms with Crippen molar-refractivity contribution >= 4 is 56.6 Å². The second kappa shape index (κ2) is 21.2. The number of hydrogen-bond donors (Lipinski definition) is 2. The molecule has 0 amide bonds. The number of anilines is 1. The third kappa shape index (κ3) is 9.68. The molecule has 75 heavy (non-hydrogen) atoms. The lowest BCUT2D eigenvalue weighted by Gasteiger charge is -2.42. The molecule has 1 saturated heterocycles. The number of benzene rings is 6. The van der Waals surface area contributed by atoms with Crippen LogP contribution < -0.4 is 19.5 Å². The van der Waals surface area contributed by atoms with Crippen LogP contribution in [-0.2, 0) is 43.7 Å². The van der Waals surface area contributed by atoms with Crippen LogP contribution in [0.3, 0.4) is 0 Å². The fourth-order valence-electron chi connectivity index (χ4n) is 10.4. The van der Waals surface area contributed by atoms with Crippen LogP contribution in [0.25, 0.3) is 32.7 Å². The van der Waals surface area contributed by atoms with E-state index in [9.17, 15) is 19.5 Å². The Morgan fingerprint density at radius 3 is 2.03 bits per heavy atom. The molecule has 1 fully saturated rings. The standard InChI is InChI=1S/C58H55N5O12/c1-7-29-70-56-51-55(61-57(62-56)60-50-49-44(28-19-37-18-17-36-13-11-12-16-43(36)48(37)49)52(72-33(2)64)54(74-35(4)66)53(50)73-34(3)65)63(32-59-51)47-30-45(67)46(75-47)31-71-58(38-14-9-8-10-15-38,39-20-24-41(68-5)25-21-39)40-22-26-42(69-6)27-23-40/h7-28,32,45-47,50,52-54,67H,1,29-31H2,2-6H3,(H,60,61,62)/t45-,46+,47+,50-,52+,53-,54-/m0/s1. The van der Waals surface area contributed by atoms with E-state index in [1.807, 2.05) is 127 Å². The van der Waals surface area contributed by atoms with E-state index in [1.54, 1.807) is 31.2 Å². The summed E-state index contributed by atoms with van der Waals surface area (Å²) in [6.45, 7) is 7.57. The lowest BCUT2D eigenvalue weighted by atomic mass is 9.77. The van der Waals surface area contributed by atoms with Crippen LogP contribution in [0.15, 0.2) is 146 Å². The van der Waals surface area contributed by atoms with Gasteiger partial charge in [0.2, 0.25) is 11.8 Å². The molecule has 0 bridgehead atoms. The molecule has 0 spiro atoms. The van der Waals surface area contributed by atoms with Gasteiger partial charge in [-0.15, -0.1) is 0 Å². The first-order chi connectivity index (χ1) is 36.4. The van der Waals surface area contributed by atoms with E-state index in [-0.39, 0.29) is 42.6 Å². The number of hydrogen-bond acceptors (Lipinski definition) is 16. The van der Waals surface area contributed by atoms with Gasteiger partial charge in [-0.3, -0.25) is 19.0 Å². The van der Waals surface area contributed by atoms with Crippen molar-refractivity contribution in [2.45, 2.75) is 75.6 Å². The molecule has 8 aromatic rings. The van der Waals surface area contributed by atoms with E-state index in [4.69, 9.17) is 52.8 Å². The summed E-state index contributed by atoms with van der Waals surface area (Å²) < 4.78 is 50.8. The first-order valence-corrected chi connectivity index (χ1v) is 24.4. The minimum atomic E-state index is -1.32. The predicted octanol–water partition coefficient (Wildman–Crippen LogP) is 9.01. The number of methoxy groups -OCH3 is 2. The zero-order valence-corrected chi connectivity index (χ0v) is 41.9. The van der Waals surface area contributed by atoms with Crippen LogP contribution in [-0.4, -0.2) is 94.4 Å². The monoisotopic (exact) mass is 1010 g/mol. The number of aliphatic hydroxyl groups excluding tert-OH is 1. The van der Waals surface area contributed by atoms with Crippen LogP contribution in [0, 0.1) is 0 Å². The highest BCUT2D eigenvalue weighted by molar-refractivity contribution is 6.10. The van der Waals surface area contributed by atoms with Gasteiger partial charge in [0.25, 0.3) is 0 Å². The molecular weight excluding hydrogens is 959 g/mol. The number of ether oxygens (including phenoxy) is 8. The molecule has 2 aromatic heterocycles. The summed E-state index contributed by atoms with van der Waals surface area (Å²) in [6.07, 6.45) is -3.21. The topological polar surface area (TPSA) is 201 Å². The summed E-state index contributed by atoms with van der Waals surface area (Å²) in [5.74, 6) is -0.579. The molecule has 17 nitrogen and oxygen atoms in total. The Bertz CT molecular complexity index is 3360. The highest BCUT2D eigenvalue weighted by Gasteiger charge is 2.50. The number of carbonyl (C=O) groups is 3. The van der Waals surface area contributed by atoms with Crippen molar-refractivity contribution in [3.63, 3.8) is 0 Å². The zero-order valence-electron chi connectivity index (χ0n) is 41.9. The van der Waals surface area contributed by atoms with E-state index in [2.05, 4.69) is 11.9 Å². The van der Waals surface area contributed by atoms with Gasteiger partial charge in [0, 0.05) is 32.8 Å². The van der Waals surface area contributed by atoms with Gasteiger partial charge in [-0.25, -0.2) is 4.98 Å². The van der Waals surface area contributed by atoms with Crippen LogP contribution >= 0.6 is 0 Å². The summed E-state index contributed by atoms with van der Waals surface area (Å²) in [6, 6.07) is 39.7. The number of aromatic nitrogens is 4. The van der Waals surface area contributed by atoms with E-state index in [0.29, 0.717) is 22.6 Å². The minimum absolute atomic E-state index is 0.00576. The number of carbonyl (C=O) groups excluding carboxylic acids is 3. The van der Waals surface area contributed by atoms with Crippen molar-refractivity contribution in [2.75, 3.05) is 32.8 Å². The Balaban J connectivity index is 1.05. The van der Waals surface area contributed by atoms with Gasteiger partial charge >= 0.3 is 17.9 Å². The first-order valence-electron chi connectivity index (χ1n) is 24.4. The molecule has 10 rings (SSSR count). The molecule has 1 aliphatic carbocycles. The minimum Gasteiger partial charge on any atom is -0.497 e. The second-order valence-electron chi connectivity index (χ2n) is 18.3. The largest absolute Gasteiger partial charge is 0.497 e. The van der Waals surface area contributed by atoms with Crippen molar-refractivity contribution in [3.05, 3.63) is 174 Å². The molecule has 0 radical (unpaired) electrons. The Morgan fingerprint density at radius 1 is 0.760 bits per heavy atom. The van der Waals surface area contributed by atoms with Gasteiger partial charge in [0.15, 0.2) is 29.5 Å². The predicted molar refractivity (Wildman–Crippen MR) is 277 cm³/mol. The molecule has 17 heteroatoms. The number of nitrogens with zero attached hydrogens (tertiary/aromatic N) is 4. The van der Waals surface area contributed by atoms with E-state index in [0.717, 1.165) is 38.2 Å². The van der Waals surface area contributed by atoms with Crippen LogP contribution in [0.4, 0.5) is 5.95 Å². The summed E-state index contributed by atoms with van der Waals surface area (Å²) in [5.41, 5.74) is 2.95. The van der Waals surface area contributed by atoms with Crippen molar-refractivity contribution in [3.8, 4) is 17.4 Å². The van der Waals surface area contributed by atoms with Gasteiger partial charge in [-0.05, 0) is 68.1 Å². The van der Waals surface area contributed by atoms with Crippen molar-refractivity contribution in [2.24, 2.45) is 0 Å². The van der Waals surface area contributed by atoms with Gasteiger partial charge in [-0.1, -0.05) is 116 Å². The summed E-state index contributed by atoms with van der Waals surface area (Å²) in [5, 5.41) is 18.7. The average Bonchev–Trinajstić information content (AvgIpc) is 4.02. The van der Waals surface area contributed by atoms with E-state index < -0.39 is 66.3 Å². The number of esters is 3. The number of rotatable bonds is 17. The van der Waals surface area contributed by atoms with Gasteiger partial charge < -0.3 is 48.3 Å². The number of imidazole rings is 1. The maximum atomic E-state index is 13.2. The number of fused-ring (bicyclic) bond motifs is 6. The zero-order chi connectivity index (χ0) is 52.4. The fourth-order valence-corrected chi connectivity index (χ4v) is 10.4. The van der Waals surface area contributed by atoms with Crippen LogP contribution in [0.5, 0.6) is 17.4 Å². The third-order valence-corrected chi connectivity index (χ3v) is 13.6. The molecular formula is C58H55N5O12. The normalized spacial score (nSPS) is 20.3. The smallest absolute Gasteiger partial charge is 0.303 e. The van der Waals surface area contributed by atoms with E-state index in [1.165, 1.54) is 20.8 Å². The molecule has 0 unspecified atom stereocenters. The molecule has 2 aliphatic rings. The Morgan fingerprint density at radius 2 is 1.37 bits per heavy atom. The van der Waals surface area contributed by atoms with E-state index >= 15 is 0 Å². The Hall–Kier alpha value is -8.38. The van der Waals surface area contributed by atoms with Crippen LogP contribution in [0.2, 0.25) is 0 Å². The molecule has 384 valence electrons. The third-order valence-electron chi connectivity index (χ3n) is 13.6. The average molecular weight is 1010 g/mol. The maximum absolute atomic E-state index is 13.2. The fraction of sp³-hybridized carbons (Fsp3) is 0.276. The van der Waals surface area contributed by atoms with Gasteiger partial charge in [0.05, 0.1) is 39.3 Å². The quantitative estimate of drug-likeness (QED) is 0.0287. The molecule has 6 aromatic carbocycles. The molecule has 0 saturated carbocycles. The second-order valence-corrected chi connectivity index (χ2v) is 18.3. The van der Waals surface area contributed by atoms with Crippen LogP contribution in [0.1, 0.15) is 73.4 Å². The van der Waals surface area contributed by atoms with Gasteiger partial charge in [0.1, 0.15) is 36.0 Å². The van der Waals surface area contributed by atoms with Gasteiger partial charge in [-0.2, -0.15) is 9.97 Å². The summed E-state index contributed by atoms with van der Waals surface area (Å²) in [7, 11) is 3.23. The maximum Gasteiger partial charge on any atom is 0.303 e. The Kier molecular flexibility index (Phi) is 14.2. The molecule has 3 heterocycles. The summed E-state index contributed by atoms with van der Waals surface area (Å²) in [4.78, 5) is 53.5. The molecule has 1 aliphatic heterocycles. The Labute approximate surface area is 431 Å². The lowest BCUT2D eigenvalue weighted by Crippen LogP contribution is -2.50. The van der Waals surface area contributed by atoms with Crippen molar-refractivity contribution in [1.29, 1.82) is 0 Å². The summed E-state index contributed by atoms with van der Waals surface area (Å²) >= 11 is 0. The SMILES string of the molecule is C=CCOc1nc(N[C@H]2c3c(ccc4ccc5ccccc5c34)[C@@H](OC(C)=O)[C@H](OC(C)=O)[C@H]2OC(C)=O)nc2c1ncn2[C@H]1C[C@H](O)[C@@H](COC(c2ccccc2)(c2ccc(OC)cc2)c2ccc(OC)cc2)O1. The lowest BCUT2D eigenvalue weighted by molar-refractivity contribution is -0.187. The highest BCUT2D eigenvalue weighted by Crippen LogP contribution is 2.49. The van der Waals surface area contributed by atoms with Crippen molar-refractivity contribution in [1.82, 2.24) is 19.5 Å². The first kappa shape index (κ1) is 50.2.